The van der Waals surface area contributed by atoms with Crippen molar-refractivity contribution in [1.82, 2.24) is 0 Å². The molecule has 0 aromatic carbocycles. The molecule has 0 saturated heterocycles. The summed E-state index contributed by atoms with van der Waals surface area (Å²) < 4.78 is 0. The molecule has 0 nitrogen and oxygen atoms in total. The molecule has 9 heavy (non-hydrogen) atoms. The van der Waals surface area contributed by atoms with Crippen LogP contribution in [0.2, 0.25) is 0 Å². The van der Waals surface area contributed by atoms with Gasteiger partial charge < -0.3 is 0 Å². The van der Waals surface area contributed by atoms with Crippen molar-refractivity contribution in [1.29, 1.82) is 0 Å². The van der Waals surface area contributed by atoms with Crippen LogP contribution in [0.4, 0.5) is 0 Å². The molecule has 0 bridgehead atoms. The Hall–Kier alpha value is 0.259. The molecule has 0 heterocycles. The van der Waals surface area contributed by atoms with Crippen molar-refractivity contribution in [3.05, 3.63) is 12.2 Å². The van der Waals surface area contributed by atoms with E-state index in [0.29, 0.717) is 0 Å². The first kappa shape index (κ1) is 9.26. The Balaban J connectivity index is 0.000000640. The summed E-state index contributed by atoms with van der Waals surface area (Å²) in [5.41, 5.74) is 1.46. The topological polar surface area (TPSA) is 0 Å². The van der Waals surface area contributed by atoms with Crippen molar-refractivity contribution >= 4 is 0 Å². The molecule has 57 valence electrons. The molecule has 0 amide bonds. The summed E-state index contributed by atoms with van der Waals surface area (Å²) in [5, 5.41) is 0. The fourth-order valence-corrected chi connectivity index (χ4v) is 1.17. The Bertz CT molecular complexity index is 86.7. The van der Waals surface area contributed by atoms with Gasteiger partial charge in [-0.05, 0) is 31.6 Å². The molecule has 0 aromatic heterocycles. The van der Waals surface area contributed by atoms with Crippen molar-refractivity contribution in [2.75, 3.05) is 0 Å². The van der Waals surface area contributed by atoms with Crippen molar-refractivity contribution in [2.45, 2.75) is 32.6 Å². The van der Waals surface area contributed by atoms with Gasteiger partial charge in [-0.25, -0.2) is 0 Å². The SMILES string of the molecule is C=C1CCC(C)CC1.[Cu]. The van der Waals surface area contributed by atoms with E-state index in [9.17, 15) is 0 Å². The second-order valence-corrected chi connectivity index (χ2v) is 2.93. The van der Waals surface area contributed by atoms with E-state index in [0.717, 1.165) is 5.92 Å². The van der Waals surface area contributed by atoms with Gasteiger partial charge in [0, 0.05) is 17.1 Å². The third-order valence-corrected chi connectivity index (χ3v) is 1.98. The van der Waals surface area contributed by atoms with E-state index >= 15 is 0 Å². The van der Waals surface area contributed by atoms with Crippen molar-refractivity contribution < 1.29 is 17.1 Å². The number of rotatable bonds is 0. The van der Waals surface area contributed by atoms with Gasteiger partial charge in [0.2, 0.25) is 0 Å². The summed E-state index contributed by atoms with van der Waals surface area (Å²) in [4.78, 5) is 0. The number of hydrogen-bond donors (Lipinski definition) is 0. The molecule has 1 heteroatoms. The molecule has 1 aliphatic rings. The molecule has 1 aliphatic carbocycles. The van der Waals surface area contributed by atoms with E-state index in [-0.39, 0.29) is 17.1 Å². The Kier molecular flexibility index (Phi) is 4.25. The van der Waals surface area contributed by atoms with Crippen LogP contribution in [0.15, 0.2) is 12.2 Å². The van der Waals surface area contributed by atoms with Gasteiger partial charge in [-0.3, -0.25) is 0 Å². The monoisotopic (exact) mass is 173 g/mol. The summed E-state index contributed by atoms with van der Waals surface area (Å²) in [5.74, 6) is 0.959. The molecule has 1 radical (unpaired) electrons. The summed E-state index contributed by atoms with van der Waals surface area (Å²) in [6, 6.07) is 0. The van der Waals surface area contributed by atoms with E-state index in [4.69, 9.17) is 0 Å². The largest absolute Gasteiger partial charge is 0.0999 e. The maximum absolute atomic E-state index is 3.95. The normalized spacial score (nSPS) is 21.2. The number of hydrogen-bond acceptors (Lipinski definition) is 0. The van der Waals surface area contributed by atoms with Crippen molar-refractivity contribution in [3.63, 3.8) is 0 Å². The molecule has 1 rings (SSSR count). The minimum Gasteiger partial charge on any atom is -0.0999 e. The second kappa shape index (κ2) is 4.14. The van der Waals surface area contributed by atoms with Gasteiger partial charge in [0.25, 0.3) is 0 Å². The van der Waals surface area contributed by atoms with Crippen LogP contribution >= 0.6 is 0 Å². The predicted molar refractivity (Wildman–Crippen MR) is 36.8 cm³/mol. The molecule has 0 aromatic rings. The van der Waals surface area contributed by atoms with Crippen LogP contribution in [0.25, 0.3) is 0 Å². The van der Waals surface area contributed by atoms with E-state index < -0.39 is 0 Å². The third kappa shape index (κ3) is 3.07. The summed E-state index contributed by atoms with van der Waals surface area (Å²) in [7, 11) is 0. The average molecular weight is 174 g/mol. The van der Waals surface area contributed by atoms with Gasteiger partial charge in [0.15, 0.2) is 0 Å². The Morgan fingerprint density at radius 3 is 2.11 bits per heavy atom. The van der Waals surface area contributed by atoms with Gasteiger partial charge in [0.05, 0.1) is 0 Å². The molecule has 0 atom stereocenters. The quantitative estimate of drug-likeness (QED) is 0.391. The van der Waals surface area contributed by atoms with Crippen molar-refractivity contribution in [2.24, 2.45) is 5.92 Å². The maximum atomic E-state index is 3.95. The summed E-state index contributed by atoms with van der Waals surface area (Å²) >= 11 is 0. The van der Waals surface area contributed by atoms with Crippen molar-refractivity contribution in [3.8, 4) is 0 Å². The third-order valence-electron chi connectivity index (χ3n) is 1.98. The van der Waals surface area contributed by atoms with Gasteiger partial charge in [-0.2, -0.15) is 0 Å². The first-order valence-electron chi connectivity index (χ1n) is 3.45. The van der Waals surface area contributed by atoms with Crippen LogP contribution in [0.5, 0.6) is 0 Å². The summed E-state index contributed by atoms with van der Waals surface area (Å²) in [6.07, 6.45) is 5.31. The first-order valence-corrected chi connectivity index (χ1v) is 3.45. The van der Waals surface area contributed by atoms with Crippen LogP contribution in [-0.4, -0.2) is 0 Å². The molecule has 0 N–H and O–H groups in total. The standard InChI is InChI=1S/C8H14.Cu/c1-7-3-5-8(2)6-4-7;/h8H,1,3-6H2,2H3;. The predicted octanol–water partition coefficient (Wildman–Crippen LogP) is 2.75. The van der Waals surface area contributed by atoms with Gasteiger partial charge in [-0.15, -0.1) is 0 Å². The zero-order valence-corrected chi connectivity index (χ0v) is 6.86. The zero-order chi connectivity index (χ0) is 5.98. The molecule has 1 saturated carbocycles. The number of allylic oxidation sites excluding steroid dienone is 1. The molecule has 1 fully saturated rings. The Morgan fingerprint density at radius 2 is 1.78 bits per heavy atom. The molecule has 0 unspecified atom stereocenters. The Labute approximate surface area is 68.2 Å². The van der Waals surface area contributed by atoms with E-state index in [2.05, 4.69) is 13.5 Å². The van der Waals surface area contributed by atoms with Gasteiger partial charge in [0.1, 0.15) is 0 Å². The van der Waals surface area contributed by atoms with Crippen LogP contribution < -0.4 is 0 Å². The first-order chi connectivity index (χ1) is 3.79. The minimum absolute atomic E-state index is 0. The molecule has 0 aliphatic heterocycles. The molecular weight excluding hydrogens is 160 g/mol. The van der Waals surface area contributed by atoms with Crippen LogP contribution in [-0.2, 0) is 17.1 Å². The Morgan fingerprint density at radius 1 is 1.33 bits per heavy atom. The minimum atomic E-state index is 0. The van der Waals surface area contributed by atoms with E-state index in [1.54, 1.807) is 0 Å². The van der Waals surface area contributed by atoms with Crippen LogP contribution in [0, 0.1) is 5.92 Å². The van der Waals surface area contributed by atoms with Gasteiger partial charge >= 0.3 is 0 Å². The van der Waals surface area contributed by atoms with E-state index in [1.165, 1.54) is 31.3 Å². The van der Waals surface area contributed by atoms with Gasteiger partial charge in [-0.1, -0.05) is 19.1 Å². The fourth-order valence-electron chi connectivity index (χ4n) is 1.17. The molecular formula is C8H14Cu. The van der Waals surface area contributed by atoms with E-state index in [1.807, 2.05) is 0 Å². The smallest absolute Gasteiger partial charge is 0 e. The zero-order valence-electron chi connectivity index (χ0n) is 5.91. The maximum Gasteiger partial charge on any atom is 0 e. The van der Waals surface area contributed by atoms with Crippen LogP contribution in [0.1, 0.15) is 32.6 Å². The summed E-state index contributed by atoms with van der Waals surface area (Å²) in [6.45, 7) is 6.27. The second-order valence-electron chi connectivity index (χ2n) is 2.93. The molecule has 0 spiro atoms. The average Bonchev–Trinajstić information content (AvgIpc) is 1.77. The van der Waals surface area contributed by atoms with Crippen LogP contribution in [0.3, 0.4) is 0 Å². The fraction of sp³-hybridized carbons (Fsp3) is 0.750.